The van der Waals surface area contributed by atoms with Crippen molar-refractivity contribution in [3.05, 3.63) is 57.1 Å². The van der Waals surface area contributed by atoms with Crippen LogP contribution in [0.3, 0.4) is 0 Å². The Morgan fingerprint density at radius 2 is 2.13 bits per heavy atom. The van der Waals surface area contributed by atoms with Gasteiger partial charge in [-0.1, -0.05) is 15.9 Å². The number of amides is 1. The van der Waals surface area contributed by atoms with Gasteiger partial charge in [-0.15, -0.1) is 0 Å². The van der Waals surface area contributed by atoms with Crippen molar-refractivity contribution in [2.24, 2.45) is 0 Å². The highest BCUT2D eigenvalue weighted by atomic mass is 79.9. The summed E-state index contributed by atoms with van der Waals surface area (Å²) in [5.41, 5.74) is 0.0948. The molecule has 1 aromatic heterocycles. The zero-order valence-corrected chi connectivity index (χ0v) is 17.0. The van der Waals surface area contributed by atoms with E-state index >= 15 is 0 Å². The molecule has 3 N–H and O–H groups in total. The van der Waals surface area contributed by atoms with E-state index in [1.165, 1.54) is 30.6 Å². The van der Waals surface area contributed by atoms with Crippen molar-refractivity contribution in [3.63, 3.8) is 0 Å². The highest BCUT2D eigenvalue weighted by Crippen LogP contribution is 2.35. The van der Waals surface area contributed by atoms with Crippen molar-refractivity contribution in [2.75, 3.05) is 11.9 Å². The minimum Gasteiger partial charge on any atom is -0.482 e. The van der Waals surface area contributed by atoms with Gasteiger partial charge in [0, 0.05) is 16.6 Å². The fourth-order valence-electron chi connectivity index (χ4n) is 2.62. The van der Waals surface area contributed by atoms with Crippen LogP contribution in [-0.2, 0) is 0 Å². The quantitative estimate of drug-likeness (QED) is 0.338. The zero-order chi connectivity index (χ0) is 21.8. The lowest BCUT2D eigenvalue weighted by Crippen LogP contribution is -2.32. The normalized spacial score (nSPS) is 11.7. The van der Waals surface area contributed by atoms with Gasteiger partial charge < -0.3 is 20.5 Å². The fourth-order valence-corrected chi connectivity index (χ4v) is 2.95. The number of aromatic nitrogens is 2. The van der Waals surface area contributed by atoms with Crippen molar-refractivity contribution < 1.29 is 24.0 Å². The molecule has 0 saturated carbocycles. The predicted octanol–water partition coefficient (Wildman–Crippen LogP) is 4.22. The predicted molar refractivity (Wildman–Crippen MR) is 110 cm³/mol. The number of fused-ring (bicyclic) bond motifs is 1. The number of benzene rings is 2. The van der Waals surface area contributed by atoms with Crippen LogP contribution in [-0.4, -0.2) is 38.7 Å². The monoisotopic (exact) mass is 479 g/mol. The average Bonchev–Trinajstić information content (AvgIpc) is 2.68. The number of anilines is 2. The molecule has 30 heavy (non-hydrogen) atoms. The van der Waals surface area contributed by atoms with E-state index in [1.807, 2.05) is 0 Å². The number of carbonyl (C=O) groups is 1. The first-order valence-corrected chi connectivity index (χ1v) is 9.32. The Morgan fingerprint density at radius 1 is 1.37 bits per heavy atom. The van der Waals surface area contributed by atoms with Crippen LogP contribution in [0.15, 0.2) is 41.1 Å². The molecule has 156 valence electrons. The number of rotatable bonds is 7. The highest BCUT2D eigenvalue weighted by molar-refractivity contribution is 9.10. The number of carboxylic acid groups (broad SMARTS) is 1. The van der Waals surface area contributed by atoms with Gasteiger partial charge in [0.15, 0.2) is 5.75 Å². The van der Waals surface area contributed by atoms with Gasteiger partial charge in [0.2, 0.25) is 0 Å². The van der Waals surface area contributed by atoms with E-state index in [-0.39, 0.29) is 34.9 Å². The molecule has 0 bridgehead atoms. The summed E-state index contributed by atoms with van der Waals surface area (Å²) in [5, 5.41) is 25.5. The Kier molecular flexibility index (Phi) is 6.26. The third kappa shape index (κ3) is 4.89. The number of nitro benzene ring substituents is 1. The minimum atomic E-state index is -1.23. The Hall–Kier alpha value is -3.54. The third-order valence-electron chi connectivity index (χ3n) is 3.97. The molecular weight excluding hydrogens is 465 g/mol. The highest BCUT2D eigenvalue weighted by Gasteiger charge is 2.21. The molecule has 0 spiro atoms. The number of nitrogens with one attached hydrogen (secondary N) is 2. The summed E-state index contributed by atoms with van der Waals surface area (Å²) in [7, 11) is 0. The number of nitro groups is 1. The largest absolute Gasteiger partial charge is 0.482 e. The van der Waals surface area contributed by atoms with Crippen molar-refractivity contribution in [1.82, 2.24) is 15.3 Å². The van der Waals surface area contributed by atoms with Gasteiger partial charge in [0.1, 0.15) is 24.1 Å². The molecule has 3 rings (SSSR count). The second-order valence-corrected chi connectivity index (χ2v) is 7.10. The Labute approximate surface area is 177 Å². The van der Waals surface area contributed by atoms with Crippen LogP contribution in [0.25, 0.3) is 10.9 Å². The summed E-state index contributed by atoms with van der Waals surface area (Å²) >= 11 is 3.17. The number of nitrogens with zero attached hydrogens (tertiary/aromatic N) is 3. The molecule has 1 atom stereocenters. The van der Waals surface area contributed by atoms with E-state index < -0.39 is 22.9 Å². The summed E-state index contributed by atoms with van der Waals surface area (Å²) in [6, 6.07) is 6.98. The van der Waals surface area contributed by atoms with Gasteiger partial charge >= 0.3 is 11.8 Å². The standard InChI is InChI=1S/C18H15BrFN5O5/c1-9(7-21-18(26)27)30-16-6-14-11(5-15(16)25(28)29)17(23-8-22-14)24-13-3-2-10(19)4-12(13)20/h2-6,8-9,21H,7H2,1H3,(H,26,27)(H,22,23,24). The molecule has 1 amide bonds. The topological polar surface area (TPSA) is 140 Å². The van der Waals surface area contributed by atoms with Gasteiger partial charge in [-0.3, -0.25) is 10.1 Å². The Morgan fingerprint density at radius 3 is 2.80 bits per heavy atom. The van der Waals surface area contributed by atoms with Crippen LogP contribution >= 0.6 is 15.9 Å². The summed E-state index contributed by atoms with van der Waals surface area (Å²) in [6.07, 6.45) is -0.678. The summed E-state index contributed by atoms with van der Waals surface area (Å²) in [6.45, 7) is 1.50. The van der Waals surface area contributed by atoms with Gasteiger partial charge in [-0.2, -0.15) is 0 Å². The first-order valence-electron chi connectivity index (χ1n) is 8.53. The first-order chi connectivity index (χ1) is 14.2. The van der Waals surface area contributed by atoms with Crippen LogP contribution in [0.2, 0.25) is 0 Å². The number of hydrogen-bond acceptors (Lipinski definition) is 7. The molecule has 0 aliphatic rings. The lowest BCUT2D eigenvalue weighted by atomic mass is 10.2. The second-order valence-electron chi connectivity index (χ2n) is 6.18. The molecule has 12 heteroatoms. The molecule has 10 nitrogen and oxygen atoms in total. The van der Waals surface area contributed by atoms with Gasteiger partial charge in [0.05, 0.1) is 28.1 Å². The van der Waals surface area contributed by atoms with E-state index in [0.29, 0.717) is 9.99 Å². The van der Waals surface area contributed by atoms with E-state index in [9.17, 15) is 19.3 Å². The maximum absolute atomic E-state index is 14.2. The molecular formula is C18H15BrFN5O5. The van der Waals surface area contributed by atoms with E-state index in [0.717, 1.165) is 0 Å². The SMILES string of the molecule is CC(CNC(=O)O)Oc1cc2ncnc(Nc3ccc(Br)cc3F)c2cc1[N+](=O)[O-]. The lowest BCUT2D eigenvalue weighted by molar-refractivity contribution is -0.385. The van der Waals surface area contributed by atoms with Crippen LogP contribution in [0, 0.1) is 15.9 Å². The lowest BCUT2D eigenvalue weighted by Gasteiger charge is -2.15. The minimum absolute atomic E-state index is 0.0655. The first kappa shape index (κ1) is 21.2. The van der Waals surface area contributed by atoms with Gasteiger partial charge in [-0.25, -0.2) is 19.2 Å². The van der Waals surface area contributed by atoms with Crippen molar-refractivity contribution >= 4 is 50.1 Å². The zero-order valence-electron chi connectivity index (χ0n) is 15.4. The van der Waals surface area contributed by atoms with E-state index in [4.69, 9.17) is 9.84 Å². The number of ether oxygens (including phenoxy) is 1. The molecule has 0 aliphatic heterocycles. The van der Waals surface area contributed by atoms with E-state index in [1.54, 1.807) is 13.0 Å². The smallest absolute Gasteiger partial charge is 0.404 e. The van der Waals surface area contributed by atoms with Crippen molar-refractivity contribution in [2.45, 2.75) is 13.0 Å². The molecule has 0 radical (unpaired) electrons. The second kappa shape index (κ2) is 8.86. The maximum Gasteiger partial charge on any atom is 0.404 e. The number of hydrogen-bond donors (Lipinski definition) is 3. The van der Waals surface area contributed by atoms with Gasteiger partial charge in [0.25, 0.3) is 0 Å². The number of halogens is 2. The van der Waals surface area contributed by atoms with Crippen molar-refractivity contribution in [1.29, 1.82) is 0 Å². The Balaban J connectivity index is 1.99. The van der Waals surface area contributed by atoms with Crippen LogP contribution < -0.4 is 15.4 Å². The van der Waals surface area contributed by atoms with Crippen LogP contribution in [0.5, 0.6) is 5.75 Å². The van der Waals surface area contributed by atoms with Crippen molar-refractivity contribution in [3.8, 4) is 5.75 Å². The molecule has 1 unspecified atom stereocenters. The Bertz CT molecular complexity index is 1130. The van der Waals surface area contributed by atoms with Crippen LogP contribution in [0.4, 0.5) is 26.4 Å². The molecule has 3 aromatic rings. The fraction of sp³-hybridized carbons (Fsp3) is 0.167. The molecule has 2 aromatic carbocycles. The molecule has 1 heterocycles. The molecule has 0 saturated heterocycles. The van der Waals surface area contributed by atoms with Crippen LogP contribution in [0.1, 0.15) is 6.92 Å². The summed E-state index contributed by atoms with van der Waals surface area (Å²) in [5.74, 6) is -0.437. The molecule has 0 aliphatic carbocycles. The molecule has 0 fully saturated rings. The summed E-state index contributed by atoms with van der Waals surface area (Å²) in [4.78, 5) is 29.7. The third-order valence-corrected chi connectivity index (χ3v) is 4.46. The summed E-state index contributed by atoms with van der Waals surface area (Å²) < 4.78 is 20.3. The van der Waals surface area contributed by atoms with E-state index in [2.05, 4.69) is 36.5 Å². The maximum atomic E-state index is 14.2. The van der Waals surface area contributed by atoms with Gasteiger partial charge in [-0.05, 0) is 25.1 Å². The average molecular weight is 480 g/mol.